The summed E-state index contributed by atoms with van der Waals surface area (Å²) in [6.45, 7) is 2.00. The average molecular weight is 302 g/mol. The lowest BCUT2D eigenvalue weighted by atomic mass is 10.1. The van der Waals surface area contributed by atoms with E-state index in [9.17, 15) is 4.39 Å². The summed E-state index contributed by atoms with van der Waals surface area (Å²) in [6.07, 6.45) is 0. The number of aromatic nitrogens is 2. The first-order valence-electron chi connectivity index (χ1n) is 6.50. The maximum atomic E-state index is 14.2. The Morgan fingerprint density at radius 3 is 2.71 bits per heavy atom. The smallest absolute Gasteiger partial charge is 0.165 e. The second-order valence-electron chi connectivity index (χ2n) is 4.77. The molecule has 0 aliphatic heterocycles. The number of halogens is 2. The highest BCUT2D eigenvalue weighted by Gasteiger charge is 2.14. The van der Waals surface area contributed by atoms with E-state index in [1.165, 1.54) is 6.07 Å². The van der Waals surface area contributed by atoms with E-state index in [2.05, 4.69) is 15.3 Å². The number of benzene rings is 2. The first kappa shape index (κ1) is 13.8. The highest BCUT2D eigenvalue weighted by molar-refractivity contribution is 6.31. The van der Waals surface area contributed by atoms with Gasteiger partial charge in [-0.05, 0) is 31.2 Å². The number of anilines is 1. The summed E-state index contributed by atoms with van der Waals surface area (Å²) in [5.41, 5.74) is 2.17. The number of nitrogens with zero attached hydrogens (tertiary/aromatic N) is 2. The second kappa shape index (κ2) is 5.30. The molecule has 3 nitrogen and oxygen atoms in total. The van der Waals surface area contributed by atoms with E-state index in [0.717, 1.165) is 16.5 Å². The minimum Gasteiger partial charge on any atom is -0.373 e. The number of hydrogen-bond donors (Lipinski definition) is 1. The van der Waals surface area contributed by atoms with E-state index in [4.69, 9.17) is 11.6 Å². The molecule has 106 valence electrons. The van der Waals surface area contributed by atoms with E-state index in [1.807, 2.05) is 25.1 Å². The van der Waals surface area contributed by atoms with Crippen molar-refractivity contribution < 1.29 is 4.39 Å². The number of fused-ring (bicyclic) bond motifs is 1. The Balaban J connectivity index is 2.29. The van der Waals surface area contributed by atoms with Crippen molar-refractivity contribution >= 4 is 28.3 Å². The summed E-state index contributed by atoms with van der Waals surface area (Å²) in [5, 5.41) is 4.00. The molecule has 0 saturated carbocycles. The van der Waals surface area contributed by atoms with Crippen LogP contribution in [0.3, 0.4) is 0 Å². The molecule has 0 amide bonds. The minimum absolute atomic E-state index is 0.0612. The normalized spacial score (nSPS) is 10.9. The maximum Gasteiger partial charge on any atom is 0.165 e. The van der Waals surface area contributed by atoms with Crippen LogP contribution in [0.5, 0.6) is 0 Å². The SMILES string of the molecule is CNc1nc(-c2cccc(Cl)c2F)nc2ccc(C)cc12. The van der Waals surface area contributed by atoms with Gasteiger partial charge in [-0.2, -0.15) is 0 Å². The van der Waals surface area contributed by atoms with Crippen LogP contribution >= 0.6 is 11.6 Å². The van der Waals surface area contributed by atoms with Crippen LogP contribution in [-0.4, -0.2) is 17.0 Å². The highest BCUT2D eigenvalue weighted by atomic mass is 35.5. The third-order valence-electron chi connectivity index (χ3n) is 3.28. The predicted octanol–water partition coefficient (Wildman–Crippen LogP) is 4.44. The van der Waals surface area contributed by atoms with Gasteiger partial charge in [-0.25, -0.2) is 14.4 Å². The fourth-order valence-electron chi connectivity index (χ4n) is 2.23. The minimum atomic E-state index is -0.507. The van der Waals surface area contributed by atoms with Crippen molar-refractivity contribution in [3.63, 3.8) is 0 Å². The Hall–Kier alpha value is -2.20. The summed E-state index contributed by atoms with van der Waals surface area (Å²) < 4.78 is 14.2. The molecular weight excluding hydrogens is 289 g/mol. The van der Waals surface area contributed by atoms with E-state index < -0.39 is 5.82 Å². The fourth-order valence-corrected chi connectivity index (χ4v) is 2.40. The maximum absolute atomic E-state index is 14.2. The zero-order valence-corrected chi connectivity index (χ0v) is 12.4. The Bertz CT molecular complexity index is 833. The summed E-state index contributed by atoms with van der Waals surface area (Å²) in [6, 6.07) is 10.7. The van der Waals surface area contributed by atoms with Crippen molar-refractivity contribution in [3.05, 3.63) is 52.8 Å². The zero-order chi connectivity index (χ0) is 15.0. The third kappa shape index (κ3) is 2.43. The fraction of sp³-hybridized carbons (Fsp3) is 0.125. The van der Waals surface area contributed by atoms with Crippen molar-refractivity contribution in [2.75, 3.05) is 12.4 Å². The van der Waals surface area contributed by atoms with Gasteiger partial charge in [0.05, 0.1) is 16.1 Å². The Morgan fingerprint density at radius 1 is 1.14 bits per heavy atom. The van der Waals surface area contributed by atoms with Crippen LogP contribution < -0.4 is 5.32 Å². The Kier molecular flexibility index (Phi) is 3.47. The van der Waals surface area contributed by atoms with Gasteiger partial charge in [0.1, 0.15) is 5.82 Å². The summed E-state index contributed by atoms with van der Waals surface area (Å²) in [5.74, 6) is 0.474. The van der Waals surface area contributed by atoms with Crippen LogP contribution in [0.2, 0.25) is 5.02 Å². The Labute approximate surface area is 126 Å². The molecule has 1 heterocycles. The lowest BCUT2D eigenvalue weighted by Gasteiger charge is -2.10. The van der Waals surface area contributed by atoms with E-state index in [0.29, 0.717) is 17.2 Å². The van der Waals surface area contributed by atoms with Crippen LogP contribution in [0, 0.1) is 12.7 Å². The molecule has 1 aromatic heterocycles. The average Bonchev–Trinajstić information content (AvgIpc) is 2.49. The summed E-state index contributed by atoms with van der Waals surface area (Å²) in [7, 11) is 1.78. The van der Waals surface area contributed by atoms with Crippen molar-refractivity contribution in [1.82, 2.24) is 9.97 Å². The van der Waals surface area contributed by atoms with Crippen molar-refractivity contribution in [1.29, 1.82) is 0 Å². The van der Waals surface area contributed by atoms with Crippen LogP contribution in [0.4, 0.5) is 10.2 Å². The molecule has 0 aliphatic carbocycles. The molecule has 5 heteroatoms. The molecular formula is C16H13ClFN3. The highest BCUT2D eigenvalue weighted by Crippen LogP contribution is 2.29. The largest absolute Gasteiger partial charge is 0.373 e. The summed E-state index contributed by atoms with van der Waals surface area (Å²) >= 11 is 5.83. The van der Waals surface area contributed by atoms with Crippen LogP contribution in [0.1, 0.15) is 5.56 Å². The van der Waals surface area contributed by atoms with E-state index in [-0.39, 0.29) is 5.02 Å². The molecule has 0 unspecified atom stereocenters. The van der Waals surface area contributed by atoms with Gasteiger partial charge in [0.2, 0.25) is 0 Å². The molecule has 0 saturated heterocycles. The van der Waals surface area contributed by atoms with Gasteiger partial charge in [0.15, 0.2) is 11.6 Å². The zero-order valence-electron chi connectivity index (χ0n) is 11.6. The first-order valence-corrected chi connectivity index (χ1v) is 6.88. The van der Waals surface area contributed by atoms with Gasteiger partial charge < -0.3 is 5.32 Å². The van der Waals surface area contributed by atoms with Gasteiger partial charge in [0.25, 0.3) is 0 Å². The third-order valence-corrected chi connectivity index (χ3v) is 3.57. The topological polar surface area (TPSA) is 37.8 Å². The van der Waals surface area contributed by atoms with Gasteiger partial charge in [0, 0.05) is 12.4 Å². The van der Waals surface area contributed by atoms with Crippen molar-refractivity contribution in [3.8, 4) is 11.4 Å². The molecule has 0 fully saturated rings. The van der Waals surface area contributed by atoms with Crippen LogP contribution in [-0.2, 0) is 0 Å². The molecule has 3 aromatic rings. The van der Waals surface area contributed by atoms with E-state index >= 15 is 0 Å². The van der Waals surface area contributed by atoms with Crippen LogP contribution in [0.25, 0.3) is 22.3 Å². The molecule has 0 atom stereocenters. The number of rotatable bonds is 2. The van der Waals surface area contributed by atoms with Crippen molar-refractivity contribution in [2.24, 2.45) is 0 Å². The van der Waals surface area contributed by atoms with Gasteiger partial charge in [-0.1, -0.05) is 29.3 Å². The molecule has 0 aliphatic rings. The Morgan fingerprint density at radius 2 is 1.95 bits per heavy atom. The number of nitrogens with one attached hydrogen (secondary N) is 1. The lowest BCUT2D eigenvalue weighted by Crippen LogP contribution is -2.00. The second-order valence-corrected chi connectivity index (χ2v) is 5.18. The number of hydrogen-bond acceptors (Lipinski definition) is 3. The van der Waals surface area contributed by atoms with Gasteiger partial charge in [-0.3, -0.25) is 0 Å². The predicted molar refractivity (Wildman–Crippen MR) is 84.2 cm³/mol. The standard InChI is InChI=1S/C16H13ClFN3/c1-9-6-7-13-11(8-9)15(19-2)21-16(20-13)10-4-3-5-12(17)14(10)18/h3-8H,1-2H3,(H,19,20,21). The van der Waals surface area contributed by atoms with Crippen molar-refractivity contribution in [2.45, 2.75) is 6.92 Å². The quantitative estimate of drug-likeness (QED) is 0.760. The lowest BCUT2D eigenvalue weighted by molar-refractivity contribution is 0.630. The van der Waals surface area contributed by atoms with E-state index in [1.54, 1.807) is 19.2 Å². The molecule has 0 spiro atoms. The molecule has 0 bridgehead atoms. The van der Waals surface area contributed by atoms with Crippen LogP contribution in [0.15, 0.2) is 36.4 Å². The summed E-state index contributed by atoms with van der Waals surface area (Å²) in [4.78, 5) is 8.86. The molecule has 1 N–H and O–H groups in total. The number of aryl methyl sites for hydroxylation is 1. The first-order chi connectivity index (χ1) is 10.1. The monoisotopic (exact) mass is 301 g/mol. The van der Waals surface area contributed by atoms with Gasteiger partial charge >= 0.3 is 0 Å². The molecule has 21 heavy (non-hydrogen) atoms. The molecule has 0 radical (unpaired) electrons. The van der Waals surface area contributed by atoms with Gasteiger partial charge in [-0.15, -0.1) is 0 Å². The molecule has 3 rings (SSSR count). The molecule has 2 aromatic carbocycles.